The van der Waals surface area contributed by atoms with Crippen molar-refractivity contribution in [3.05, 3.63) is 64.7 Å². The highest BCUT2D eigenvalue weighted by atomic mass is 35.5. The quantitative estimate of drug-likeness (QED) is 0.843. The van der Waals surface area contributed by atoms with Crippen molar-refractivity contribution in [2.24, 2.45) is 0 Å². The number of benzene rings is 2. The van der Waals surface area contributed by atoms with Crippen LogP contribution in [0.25, 0.3) is 0 Å². The van der Waals surface area contributed by atoms with Crippen LogP contribution in [0.4, 0.5) is 5.69 Å². The number of hydrogen-bond acceptors (Lipinski definition) is 2. The zero-order valence-corrected chi connectivity index (χ0v) is 10.9. The molecule has 2 rings (SSSR count). The van der Waals surface area contributed by atoms with E-state index in [-0.39, 0.29) is 12.3 Å². The van der Waals surface area contributed by atoms with E-state index in [4.69, 9.17) is 11.6 Å². The summed E-state index contributed by atoms with van der Waals surface area (Å²) in [6, 6.07) is 14.9. The van der Waals surface area contributed by atoms with Crippen molar-refractivity contribution in [2.45, 2.75) is 6.92 Å². The van der Waals surface area contributed by atoms with Crippen LogP contribution in [0, 0.1) is 6.92 Å². The highest BCUT2D eigenvalue weighted by molar-refractivity contribution is 6.31. The summed E-state index contributed by atoms with van der Waals surface area (Å²) in [7, 11) is 0. The average molecular weight is 260 g/mol. The second-order valence-electron chi connectivity index (χ2n) is 4.06. The zero-order chi connectivity index (χ0) is 13.0. The summed E-state index contributed by atoms with van der Waals surface area (Å²) < 4.78 is 0. The molecule has 2 aromatic carbocycles. The Morgan fingerprint density at radius 3 is 2.56 bits per heavy atom. The SMILES string of the molecule is Cc1c(Cl)cccc1NCC(=O)c1ccccc1. The third-order valence-corrected chi connectivity index (χ3v) is 3.21. The number of nitrogens with one attached hydrogen (secondary N) is 1. The molecule has 92 valence electrons. The highest BCUT2D eigenvalue weighted by Gasteiger charge is 2.06. The average Bonchev–Trinajstić information content (AvgIpc) is 2.41. The van der Waals surface area contributed by atoms with Gasteiger partial charge in [-0.1, -0.05) is 48.0 Å². The Morgan fingerprint density at radius 2 is 1.83 bits per heavy atom. The smallest absolute Gasteiger partial charge is 0.181 e. The monoisotopic (exact) mass is 259 g/mol. The first kappa shape index (κ1) is 12.7. The van der Waals surface area contributed by atoms with Crippen LogP contribution in [-0.4, -0.2) is 12.3 Å². The van der Waals surface area contributed by atoms with Gasteiger partial charge in [0.05, 0.1) is 6.54 Å². The molecule has 0 atom stereocenters. The molecular formula is C15H14ClNO. The number of hydrogen-bond donors (Lipinski definition) is 1. The molecule has 0 aromatic heterocycles. The molecule has 2 aromatic rings. The molecule has 3 heteroatoms. The molecule has 0 aliphatic carbocycles. The van der Waals surface area contributed by atoms with Crippen LogP contribution >= 0.6 is 11.6 Å². The molecule has 0 heterocycles. The van der Waals surface area contributed by atoms with Crippen LogP contribution < -0.4 is 5.32 Å². The third kappa shape index (κ3) is 2.90. The number of halogens is 1. The van der Waals surface area contributed by atoms with E-state index in [0.29, 0.717) is 10.6 Å². The summed E-state index contributed by atoms with van der Waals surface area (Å²) in [6.45, 7) is 2.20. The second kappa shape index (κ2) is 5.69. The number of carbonyl (C=O) groups excluding carboxylic acids is 1. The summed E-state index contributed by atoms with van der Waals surface area (Å²) >= 11 is 6.02. The van der Waals surface area contributed by atoms with Gasteiger partial charge in [-0.25, -0.2) is 0 Å². The molecular weight excluding hydrogens is 246 g/mol. The van der Waals surface area contributed by atoms with Crippen LogP contribution in [-0.2, 0) is 0 Å². The lowest BCUT2D eigenvalue weighted by Crippen LogP contribution is -2.14. The van der Waals surface area contributed by atoms with Gasteiger partial charge in [-0.15, -0.1) is 0 Å². The summed E-state index contributed by atoms with van der Waals surface area (Å²) in [5.74, 6) is 0.0648. The molecule has 0 fully saturated rings. The molecule has 0 saturated heterocycles. The lowest BCUT2D eigenvalue weighted by atomic mass is 10.1. The number of ketones is 1. The van der Waals surface area contributed by atoms with Gasteiger partial charge in [-0.3, -0.25) is 4.79 Å². The Bertz CT molecular complexity index is 552. The molecule has 0 unspecified atom stereocenters. The summed E-state index contributed by atoms with van der Waals surface area (Å²) in [6.07, 6.45) is 0. The predicted octanol–water partition coefficient (Wildman–Crippen LogP) is 3.94. The van der Waals surface area contributed by atoms with Gasteiger partial charge in [-0.2, -0.15) is 0 Å². The fraction of sp³-hybridized carbons (Fsp3) is 0.133. The number of Topliss-reactive ketones (excluding diaryl/α,β-unsaturated/α-hetero) is 1. The van der Waals surface area contributed by atoms with E-state index in [0.717, 1.165) is 11.3 Å². The lowest BCUT2D eigenvalue weighted by Gasteiger charge is -2.09. The summed E-state index contributed by atoms with van der Waals surface area (Å²) in [5.41, 5.74) is 2.57. The van der Waals surface area contributed by atoms with Gasteiger partial charge in [0.25, 0.3) is 0 Å². The standard InChI is InChI=1S/C15H14ClNO/c1-11-13(16)8-5-9-14(11)17-10-15(18)12-6-3-2-4-7-12/h2-9,17H,10H2,1H3. The first-order valence-electron chi connectivity index (χ1n) is 5.75. The first-order chi connectivity index (χ1) is 8.68. The van der Waals surface area contributed by atoms with E-state index in [1.165, 1.54) is 0 Å². The van der Waals surface area contributed by atoms with Crippen molar-refractivity contribution in [3.8, 4) is 0 Å². The van der Waals surface area contributed by atoms with Gasteiger partial charge >= 0.3 is 0 Å². The minimum absolute atomic E-state index is 0.0648. The topological polar surface area (TPSA) is 29.1 Å². The van der Waals surface area contributed by atoms with Gasteiger partial charge in [0.1, 0.15) is 0 Å². The van der Waals surface area contributed by atoms with Crippen molar-refractivity contribution in [1.29, 1.82) is 0 Å². The Morgan fingerprint density at radius 1 is 1.11 bits per heavy atom. The molecule has 0 aliphatic rings. The van der Waals surface area contributed by atoms with Crippen molar-refractivity contribution in [3.63, 3.8) is 0 Å². The molecule has 0 bridgehead atoms. The Labute approximate surface area is 112 Å². The van der Waals surface area contributed by atoms with Crippen molar-refractivity contribution >= 4 is 23.1 Å². The third-order valence-electron chi connectivity index (χ3n) is 2.80. The minimum Gasteiger partial charge on any atom is -0.377 e. The molecule has 0 saturated carbocycles. The molecule has 1 N–H and O–H groups in total. The maximum absolute atomic E-state index is 11.9. The second-order valence-corrected chi connectivity index (χ2v) is 4.46. The van der Waals surface area contributed by atoms with E-state index in [9.17, 15) is 4.79 Å². The molecule has 18 heavy (non-hydrogen) atoms. The summed E-state index contributed by atoms with van der Waals surface area (Å²) in [4.78, 5) is 11.9. The molecule has 0 radical (unpaired) electrons. The lowest BCUT2D eigenvalue weighted by molar-refractivity contribution is 0.101. The highest BCUT2D eigenvalue weighted by Crippen LogP contribution is 2.22. The first-order valence-corrected chi connectivity index (χ1v) is 6.13. The van der Waals surface area contributed by atoms with E-state index < -0.39 is 0 Å². The number of carbonyl (C=O) groups is 1. The van der Waals surface area contributed by atoms with Crippen molar-refractivity contribution in [2.75, 3.05) is 11.9 Å². The van der Waals surface area contributed by atoms with Crippen LogP contribution in [0.5, 0.6) is 0 Å². The molecule has 0 amide bonds. The van der Waals surface area contributed by atoms with Gasteiger partial charge in [-0.05, 0) is 24.6 Å². The maximum atomic E-state index is 11.9. The normalized spacial score (nSPS) is 10.1. The van der Waals surface area contributed by atoms with Gasteiger partial charge in [0, 0.05) is 16.3 Å². The van der Waals surface area contributed by atoms with Crippen LogP contribution in [0.2, 0.25) is 5.02 Å². The number of rotatable bonds is 4. The van der Waals surface area contributed by atoms with Gasteiger partial charge in [0.15, 0.2) is 5.78 Å². The van der Waals surface area contributed by atoms with Crippen molar-refractivity contribution in [1.82, 2.24) is 0 Å². The van der Waals surface area contributed by atoms with E-state index >= 15 is 0 Å². The van der Waals surface area contributed by atoms with Crippen LogP contribution in [0.3, 0.4) is 0 Å². The predicted molar refractivity (Wildman–Crippen MR) is 75.5 cm³/mol. The zero-order valence-electron chi connectivity index (χ0n) is 10.1. The number of anilines is 1. The van der Waals surface area contributed by atoms with Crippen LogP contribution in [0.1, 0.15) is 15.9 Å². The van der Waals surface area contributed by atoms with E-state index in [2.05, 4.69) is 5.32 Å². The summed E-state index contributed by atoms with van der Waals surface area (Å²) in [5, 5.41) is 3.82. The van der Waals surface area contributed by atoms with E-state index in [1.807, 2.05) is 55.5 Å². The van der Waals surface area contributed by atoms with Crippen LogP contribution in [0.15, 0.2) is 48.5 Å². The largest absolute Gasteiger partial charge is 0.377 e. The molecule has 0 spiro atoms. The molecule has 2 nitrogen and oxygen atoms in total. The maximum Gasteiger partial charge on any atom is 0.181 e. The fourth-order valence-corrected chi connectivity index (χ4v) is 1.88. The van der Waals surface area contributed by atoms with Gasteiger partial charge in [0.2, 0.25) is 0 Å². The van der Waals surface area contributed by atoms with Gasteiger partial charge < -0.3 is 5.32 Å². The van der Waals surface area contributed by atoms with Crippen molar-refractivity contribution < 1.29 is 4.79 Å². The Kier molecular flexibility index (Phi) is 4.00. The minimum atomic E-state index is 0.0648. The fourth-order valence-electron chi connectivity index (χ4n) is 1.70. The van der Waals surface area contributed by atoms with E-state index in [1.54, 1.807) is 0 Å². The Hall–Kier alpha value is -1.80. The Balaban J connectivity index is 2.04. The molecule has 0 aliphatic heterocycles.